The van der Waals surface area contributed by atoms with Crippen molar-refractivity contribution >= 4 is 105 Å². The molecule has 0 radical (unpaired) electrons. The van der Waals surface area contributed by atoms with Gasteiger partial charge in [0.15, 0.2) is 40.5 Å². The predicted octanol–water partition coefficient (Wildman–Crippen LogP) is 8.90. The Kier molecular flexibility index (Phi) is 14.6. The Bertz CT molecular complexity index is 4030. The maximum Gasteiger partial charge on any atom is 0.489 e. The average molecular weight is 1210 g/mol. The van der Waals surface area contributed by atoms with Gasteiger partial charge in [0.25, 0.3) is 11.8 Å². The number of nitrogens with zero attached hydrogens (tertiary/aromatic N) is 8. The van der Waals surface area contributed by atoms with Crippen molar-refractivity contribution in [3.63, 3.8) is 0 Å². The van der Waals surface area contributed by atoms with E-state index < -0.39 is 42.7 Å². The Labute approximate surface area is 461 Å². The van der Waals surface area contributed by atoms with E-state index in [9.17, 15) is 45.5 Å². The molecule has 6 heterocycles. The molecule has 2 aliphatic rings. The molecule has 0 saturated heterocycles. The zero-order valence-corrected chi connectivity index (χ0v) is 43.1. The standard InChI is InChI=1S/C27H18F3N5O3.C20H13F3IN5O2.C7H7BO3/c28-27(29,30)24-20-11-12-34(17-7-5-15(6-8-17)19-4-2-1-3-16(19)14-36)26(37)23(20)35(32-24)18-9-10-22-21(13-18)25(31)33-38-22;21-20(22,23)17-13-7-8-28(11-3-1-10(24)2-4-11)19(30)16(13)29(26-17)12-5-6-15-14(9-12)18(25)27-31-15;9-5-6-3-1-2-4-7(6)8(10)11/h1-10,13-14H,11-12H2,(H2,31,33);1-6,9H,7-8H2,(H2,25,27);1-5,10-11H. The number of carbonyl (C=O) groups is 4. The van der Waals surface area contributed by atoms with Gasteiger partial charge in [0.2, 0.25) is 0 Å². The third-order valence-corrected chi connectivity index (χ3v) is 13.9. The maximum atomic E-state index is 13.9. The van der Waals surface area contributed by atoms with Gasteiger partial charge in [0.05, 0.1) is 22.1 Å². The van der Waals surface area contributed by atoms with Gasteiger partial charge < -0.3 is 40.4 Å². The molecule has 26 heteroatoms. The second-order valence-electron chi connectivity index (χ2n) is 17.9. The molecule has 0 fully saturated rings. The van der Waals surface area contributed by atoms with Gasteiger partial charge in [0.1, 0.15) is 17.7 Å². The van der Waals surface area contributed by atoms with Crippen LogP contribution >= 0.6 is 22.6 Å². The summed E-state index contributed by atoms with van der Waals surface area (Å²) in [6, 6.07) is 36.6. The lowest BCUT2D eigenvalue weighted by atomic mass is 9.77. The SMILES string of the molecule is Nc1noc2ccc(-n3nc(C(F)(F)F)c4c3C(=O)N(c3ccc(-c5ccccc5C=O)cc3)CC4)cc12.Nc1noc2ccc(-n3nc(C(F)(F)F)c4c3C(=O)N(c3ccc(I)cc3)CC4)cc12.O=Cc1ccccc1B(O)O. The summed E-state index contributed by atoms with van der Waals surface area (Å²) < 4.78 is 96.1. The van der Waals surface area contributed by atoms with Crippen molar-refractivity contribution in [1.82, 2.24) is 29.9 Å². The quantitative estimate of drug-likeness (QED) is 0.0480. The number of anilines is 4. The molecule has 2 amide bonds. The van der Waals surface area contributed by atoms with Crippen LogP contribution in [0.5, 0.6) is 0 Å². The molecule has 0 spiro atoms. The molecule has 0 bridgehead atoms. The van der Waals surface area contributed by atoms with E-state index in [1.165, 1.54) is 58.3 Å². The number of aldehydes is 2. The van der Waals surface area contributed by atoms with E-state index in [-0.39, 0.29) is 76.9 Å². The molecule has 6 N–H and O–H groups in total. The van der Waals surface area contributed by atoms with Crippen molar-refractivity contribution in [3.05, 3.63) is 182 Å². The van der Waals surface area contributed by atoms with Gasteiger partial charge in [0, 0.05) is 50.3 Å². The largest absolute Gasteiger partial charge is 0.489 e. The highest BCUT2D eigenvalue weighted by atomic mass is 127. The molecule has 0 unspecified atom stereocenters. The minimum atomic E-state index is -4.74. The van der Waals surface area contributed by atoms with Crippen molar-refractivity contribution in [2.45, 2.75) is 25.2 Å². The number of halogens is 7. The molecule has 80 heavy (non-hydrogen) atoms. The van der Waals surface area contributed by atoms with Crippen LogP contribution in [0.2, 0.25) is 0 Å². The Morgan fingerprint density at radius 3 is 1.44 bits per heavy atom. The molecule has 2 aliphatic heterocycles. The second-order valence-corrected chi connectivity index (χ2v) is 19.2. The average Bonchev–Trinajstić information content (AvgIpc) is 4.27. The van der Waals surface area contributed by atoms with Crippen LogP contribution < -0.4 is 26.7 Å². The van der Waals surface area contributed by atoms with Gasteiger partial charge in [-0.25, -0.2) is 9.36 Å². The van der Waals surface area contributed by atoms with Crippen molar-refractivity contribution in [2.24, 2.45) is 0 Å². The number of fused-ring (bicyclic) bond motifs is 4. The van der Waals surface area contributed by atoms with E-state index in [1.807, 2.05) is 24.3 Å². The molecular formula is C54H38BF6IN10O8. The zero-order valence-electron chi connectivity index (χ0n) is 41.0. The molecule has 0 saturated carbocycles. The fourth-order valence-electron chi connectivity index (χ4n) is 9.35. The van der Waals surface area contributed by atoms with Crippen molar-refractivity contribution in [3.8, 4) is 22.5 Å². The van der Waals surface area contributed by atoms with Gasteiger partial charge in [-0.2, -0.15) is 36.5 Å². The Morgan fingerprint density at radius 2 is 1.00 bits per heavy atom. The van der Waals surface area contributed by atoms with Crippen LogP contribution in [0, 0.1) is 3.57 Å². The monoisotopic (exact) mass is 1210 g/mol. The highest BCUT2D eigenvalue weighted by Gasteiger charge is 2.45. The van der Waals surface area contributed by atoms with Crippen LogP contribution in [0.4, 0.5) is 49.4 Å². The number of carbonyl (C=O) groups excluding carboxylic acids is 4. The van der Waals surface area contributed by atoms with Crippen LogP contribution in [-0.2, 0) is 25.2 Å². The lowest BCUT2D eigenvalue weighted by molar-refractivity contribution is -0.142. The van der Waals surface area contributed by atoms with E-state index in [2.05, 4.69) is 43.1 Å². The maximum absolute atomic E-state index is 13.9. The van der Waals surface area contributed by atoms with Gasteiger partial charge in [-0.1, -0.05) is 71.0 Å². The molecule has 18 nitrogen and oxygen atoms in total. The highest BCUT2D eigenvalue weighted by Crippen LogP contribution is 2.40. The summed E-state index contributed by atoms with van der Waals surface area (Å²) in [5, 5.41) is 33.2. The molecule has 4 aromatic heterocycles. The minimum absolute atomic E-state index is 0.0273. The number of rotatable bonds is 8. The third kappa shape index (κ3) is 10.4. The summed E-state index contributed by atoms with van der Waals surface area (Å²) in [6.45, 7) is 0.168. The summed E-state index contributed by atoms with van der Waals surface area (Å²) in [7, 11) is -1.57. The van der Waals surface area contributed by atoms with Crippen LogP contribution in [-0.4, -0.2) is 84.5 Å². The summed E-state index contributed by atoms with van der Waals surface area (Å²) in [6.07, 6.45) is -8.09. The first-order valence-corrected chi connectivity index (χ1v) is 25.0. The first-order chi connectivity index (χ1) is 38.2. The van der Waals surface area contributed by atoms with Crippen LogP contribution in [0.15, 0.2) is 143 Å². The second kappa shape index (κ2) is 21.6. The Morgan fingerprint density at radius 1 is 0.575 bits per heavy atom. The zero-order chi connectivity index (χ0) is 56.8. The number of alkyl halides is 6. The topological polar surface area (TPSA) is 255 Å². The molecule has 0 atom stereocenters. The Balaban J connectivity index is 0.000000154. The Hall–Kier alpha value is -9.15. The summed E-state index contributed by atoms with van der Waals surface area (Å²) in [5.41, 5.74) is 13.8. The third-order valence-electron chi connectivity index (χ3n) is 13.1. The number of nitrogens with two attached hydrogens (primary N) is 2. The van der Waals surface area contributed by atoms with Gasteiger partial charge in [-0.3, -0.25) is 19.2 Å². The molecule has 10 aromatic rings. The molecule has 12 rings (SSSR count). The van der Waals surface area contributed by atoms with Crippen LogP contribution in [0.3, 0.4) is 0 Å². The van der Waals surface area contributed by atoms with Crippen molar-refractivity contribution < 1.29 is 64.6 Å². The van der Waals surface area contributed by atoms with E-state index in [0.717, 1.165) is 30.3 Å². The molecule has 6 aromatic carbocycles. The number of benzene rings is 6. The van der Waals surface area contributed by atoms with Crippen molar-refractivity contribution in [2.75, 3.05) is 34.4 Å². The number of hydrogen-bond acceptors (Lipinski definition) is 14. The summed E-state index contributed by atoms with van der Waals surface area (Å²) in [4.78, 5) is 51.6. The van der Waals surface area contributed by atoms with Crippen LogP contribution in [0.1, 0.15) is 64.2 Å². The van der Waals surface area contributed by atoms with Crippen LogP contribution in [0.25, 0.3) is 44.4 Å². The smallest absolute Gasteiger partial charge is 0.423 e. The van der Waals surface area contributed by atoms with E-state index in [4.69, 9.17) is 30.6 Å². The fraction of sp³-hybridized carbons (Fsp3) is 0.111. The first kappa shape index (κ1) is 54.2. The number of amides is 2. The normalized spacial score (nSPS) is 13.3. The van der Waals surface area contributed by atoms with E-state index in [0.29, 0.717) is 50.7 Å². The predicted molar refractivity (Wildman–Crippen MR) is 290 cm³/mol. The number of hydrogen-bond donors (Lipinski definition) is 4. The lowest BCUT2D eigenvalue weighted by Gasteiger charge is -2.28. The molecule has 0 aliphatic carbocycles. The van der Waals surface area contributed by atoms with Gasteiger partial charge in [-0.15, -0.1) is 0 Å². The van der Waals surface area contributed by atoms with Crippen molar-refractivity contribution in [1.29, 1.82) is 0 Å². The minimum Gasteiger partial charge on any atom is -0.423 e. The van der Waals surface area contributed by atoms with Gasteiger partial charge >= 0.3 is 19.5 Å². The van der Waals surface area contributed by atoms with E-state index in [1.54, 1.807) is 60.7 Å². The van der Waals surface area contributed by atoms with Gasteiger partial charge in [-0.05, 0) is 125 Å². The van der Waals surface area contributed by atoms with E-state index >= 15 is 0 Å². The number of aromatic nitrogens is 6. The summed E-state index contributed by atoms with van der Waals surface area (Å²) >= 11 is 2.14. The number of nitrogen functional groups attached to an aromatic ring is 2. The fourth-order valence-corrected chi connectivity index (χ4v) is 9.71. The molecule has 404 valence electrons. The molecular weight excluding hydrogens is 1170 g/mol. The lowest BCUT2D eigenvalue weighted by Crippen LogP contribution is -2.39. The highest BCUT2D eigenvalue weighted by molar-refractivity contribution is 14.1. The summed E-state index contributed by atoms with van der Waals surface area (Å²) in [5.74, 6) is -0.999. The first-order valence-electron chi connectivity index (χ1n) is 23.9.